The summed E-state index contributed by atoms with van der Waals surface area (Å²) in [5.41, 5.74) is -0.00344. The molecule has 1 unspecified atom stereocenters. The molecule has 0 spiro atoms. The Bertz CT molecular complexity index is 518. The van der Waals surface area contributed by atoms with Crippen molar-refractivity contribution in [2.45, 2.75) is 31.8 Å². The van der Waals surface area contributed by atoms with E-state index >= 15 is 0 Å². The maximum absolute atomic E-state index is 11.7. The summed E-state index contributed by atoms with van der Waals surface area (Å²) in [5, 5.41) is 14.1. The van der Waals surface area contributed by atoms with Gasteiger partial charge in [0.15, 0.2) is 0 Å². The maximum Gasteiger partial charge on any atom is 0.326 e. The minimum atomic E-state index is -1.09. The predicted molar refractivity (Wildman–Crippen MR) is 76.1 cm³/mol. The van der Waals surface area contributed by atoms with Crippen molar-refractivity contribution in [1.82, 2.24) is 10.6 Å². The Kier molecular flexibility index (Phi) is 5.15. The smallest absolute Gasteiger partial charge is 0.326 e. The van der Waals surface area contributed by atoms with Crippen LogP contribution in [0.25, 0.3) is 0 Å². The number of carboxylic acid groups (broad SMARTS) is 1. The number of carboxylic acids is 1. The van der Waals surface area contributed by atoms with E-state index in [1.54, 1.807) is 26.0 Å². The highest BCUT2D eigenvalue weighted by Crippen LogP contribution is 2.04. The molecule has 106 valence electrons. The monoisotopic (exact) mass is 274 g/mol. The molecule has 0 fully saturated rings. The summed E-state index contributed by atoms with van der Waals surface area (Å²) in [6.07, 6.45) is 5.47. The number of carbonyl (C=O) groups is 2. The molecule has 1 rings (SSSR count). The van der Waals surface area contributed by atoms with Gasteiger partial charge >= 0.3 is 12.0 Å². The van der Waals surface area contributed by atoms with Gasteiger partial charge in [-0.1, -0.05) is 36.3 Å². The third-order valence-corrected chi connectivity index (χ3v) is 2.67. The number of amides is 2. The molecular weight excluding hydrogens is 256 g/mol. The second-order valence-corrected chi connectivity index (χ2v) is 4.95. The van der Waals surface area contributed by atoms with E-state index < -0.39 is 23.6 Å². The summed E-state index contributed by atoms with van der Waals surface area (Å²) in [4.78, 5) is 22.9. The van der Waals surface area contributed by atoms with Crippen LogP contribution >= 0.6 is 0 Å². The van der Waals surface area contributed by atoms with Crippen LogP contribution in [0.1, 0.15) is 19.4 Å². The summed E-state index contributed by atoms with van der Waals surface area (Å²) in [5.74, 6) is 1.31. The van der Waals surface area contributed by atoms with Crippen LogP contribution < -0.4 is 10.6 Å². The van der Waals surface area contributed by atoms with Gasteiger partial charge in [0.25, 0.3) is 0 Å². The van der Waals surface area contributed by atoms with E-state index in [1.165, 1.54) is 0 Å². The summed E-state index contributed by atoms with van der Waals surface area (Å²) in [6, 6.07) is 7.48. The molecule has 0 aliphatic rings. The van der Waals surface area contributed by atoms with Crippen LogP contribution in [0, 0.1) is 12.3 Å². The Labute approximate surface area is 118 Å². The van der Waals surface area contributed by atoms with E-state index in [-0.39, 0.29) is 6.42 Å². The van der Waals surface area contributed by atoms with Gasteiger partial charge in [-0.15, -0.1) is 6.42 Å². The summed E-state index contributed by atoms with van der Waals surface area (Å²) < 4.78 is 0. The lowest BCUT2D eigenvalue weighted by atomic mass is 10.1. The molecule has 5 nitrogen and oxygen atoms in total. The Morgan fingerprint density at radius 1 is 1.35 bits per heavy atom. The second-order valence-electron chi connectivity index (χ2n) is 4.95. The summed E-state index contributed by atoms with van der Waals surface area (Å²) in [6.45, 7) is 3.30. The predicted octanol–water partition coefficient (Wildman–Crippen LogP) is 1.39. The molecule has 5 heteroatoms. The number of terminal acetylenes is 1. The molecule has 0 radical (unpaired) electrons. The molecule has 0 saturated heterocycles. The Morgan fingerprint density at radius 2 is 1.95 bits per heavy atom. The molecule has 20 heavy (non-hydrogen) atoms. The largest absolute Gasteiger partial charge is 0.480 e. The first-order valence-corrected chi connectivity index (χ1v) is 6.17. The highest BCUT2D eigenvalue weighted by Gasteiger charge is 2.23. The molecule has 1 aromatic rings. The molecular formula is C15H18N2O3. The summed E-state index contributed by atoms with van der Waals surface area (Å²) in [7, 11) is 0. The molecule has 0 heterocycles. The van der Waals surface area contributed by atoms with Crippen LogP contribution in [0.3, 0.4) is 0 Å². The summed E-state index contributed by atoms with van der Waals surface area (Å²) >= 11 is 0. The zero-order valence-corrected chi connectivity index (χ0v) is 11.5. The SMILES string of the molecule is C#CC(C)(C)NC(=O)NC(Cc1ccccc1)C(=O)O. The molecule has 0 aliphatic carbocycles. The number of carbonyl (C=O) groups excluding carboxylic acids is 1. The van der Waals surface area contributed by atoms with E-state index in [1.807, 2.05) is 18.2 Å². The van der Waals surface area contributed by atoms with E-state index in [0.717, 1.165) is 5.56 Å². The number of nitrogens with one attached hydrogen (secondary N) is 2. The van der Waals surface area contributed by atoms with Gasteiger partial charge in [0.2, 0.25) is 0 Å². The van der Waals surface area contributed by atoms with Crippen molar-refractivity contribution < 1.29 is 14.7 Å². The Balaban J connectivity index is 2.67. The van der Waals surface area contributed by atoms with E-state index in [9.17, 15) is 9.59 Å². The van der Waals surface area contributed by atoms with Crippen molar-refractivity contribution in [1.29, 1.82) is 0 Å². The zero-order chi connectivity index (χ0) is 15.2. The number of aliphatic carboxylic acids is 1. The number of benzene rings is 1. The van der Waals surface area contributed by atoms with Gasteiger partial charge in [-0.2, -0.15) is 0 Å². The number of urea groups is 1. The highest BCUT2D eigenvalue weighted by molar-refractivity contribution is 5.83. The normalized spacial score (nSPS) is 12.1. The fourth-order valence-electron chi connectivity index (χ4n) is 1.56. The molecule has 3 N–H and O–H groups in total. The van der Waals surface area contributed by atoms with Crippen molar-refractivity contribution in [3.05, 3.63) is 35.9 Å². The van der Waals surface area contributed by atoms with Crippen LogP contribution in [0.15, 0.2) is 30.3 Å². The van der Waals surface area contributed by atoms with Gasteiger partial charge in [-0.05, 0) is 19.4 Å². The quantitative estimate of drug-likeness (QED) is 0.710. The van der Waals surface area contributed by atoms with E-state index in [0.29, 0.717) is 0 Å². The Hall–Kier alpha value is -2.48. The molecule has 0 aromatic heterocycles. The van der Waals surface area contributed by atoms with Crippen molar-refractivity contribution in [2.75, 3.05) is 0 Å². The minimum absolute atomic E-state index is 0.208. The zero-order valence-electron chi connectivity index (χ0n) is 11.5. The lowest BCUT2D eigenvalue weighted by Gasteiger charge is -2.22. The second kappa shape index (κ2) is 6.62. The first-order valence-electron chi connectivity index (χ1n) is 6.17. The fraction of sp³-hybridized carbons (Fsp3) is 0.333. The standard InChI is InChI=1S/C15H18N2O3/c1-4-15(2,3)17-14(20)16-12(13(18)19)10-11-8-6-5-7-9-11/h1,5-9,12H,10H2,2-3H3,(H,18,19)(H2,16,17,20). The molecule has 0 bridgehead atoms. The Morgan fingerprint density at radius 3 is 2.45 bits per heavy atom. The molecule has 1 aromatic carbocycles. The lowest BCUT2D eigenvalue weighted by Crippen LogP contribution is -2.52. The van der Waals surface area contributed by atoms with Crippen LogP contribution in [0.5, 0.6) is 0 Å². The first-order chi connectivity index (χ1) is 9.34. The molecule has 1 atom stereocenters. The molecule has 2 amide bonds. The molecule has 0 aliphatic heterocycles. The third kappa shape index (κ3) is 5.02. The van der Waals surface area contributed by atoms with Crippen LogP contribution in [0.4, 0.5) is 4.79 Å². The van der Waals surface area contributed by atoms with Gasteiger partial charge in [-0.3, -0.25) is 0 Å². The van der Waals surface area contributed by atoms with Gasteiger partial charge in [0, 0.05) is 6.42 Å². The average Bonchev–Trinajstić information content (AvgIpc) is 2.38. The van der Waals surface area contributed by atoms with Crippen LogP contribution in [-0.4, -0.2) is 28.7 Å². The van der Waals surface area contributed by atoms with Gasteiger partial charge in [-0.25, -0.2) is 9.59 Å². The van der Waals surface area contributed by atoms with Gasteiger partial charge < -0.3 is 15.7 Å². The number of hydrogen-bond acceptors (Lipinski definition) is 2. The number of hydrogen-bond donors (Lipinski definition) is 3. The third-order valence-electron chi connectivity index (χ3n) is 2.67. The maximum atomic E-state index is 11.7. The molecule has 0 saturated carbocycles. The van der Waals surface area contributed by atoms with Crippen molar-refractivity contribution in [3.63, 3.8) is 0 Å². The number of rotatable bonds is 5. The van der Waals surface area contributed by atoms with E-state index in [4.69, 9.17) is 11.5 Å². The van der Waals surface area contributed by atoms with Gasteiger partial charge in [0.1, 0.15) is 6.04 Å². The van der Waals surface area contributed by atoms with Gasteiger partial charge in [0.05, 0.1) is 5.54 Å². The van der Waals surface area contributed by atoms with Crippen molar-refractivity contribution in [2.24, 2.45) is 0 Å². The van der Waals surface area contributed by atoms with E-state index in [2.05, 4.69) is 16.6 Å². The minimum Gasteiger partial charge on any atom is -0.480 e. The van der Waals surface area contributed by atoms with Crippen LogP contribution in [-0.2, 0) is 11.2 Å². The first kappa shape index (κ1) is 15.6. The highest BCUT2D eigenvalue weighted by atomic mass is 16.4. The van der Waals surface area contributed by atoms with Crippen LogP contribution in [0.2, 0.25) is 0 Å². The fourth-order valence-corrected chi connectivity index (χ4v) is 1.56. The average molecular weight is 274 g/mol. The lowest BCUT2D eigenvalue weighted by molar-refractivity contribution is -0.139. The van der Waals surface area contributed by atoms with Crippen molar-refractivity contribution >= 4 is 12.0 Å². The topological polar surface area (TPSA) is 78.4 Å². The van der Waals surface area contributed by atoms with Crippen molar-refractivity contribution in [3.8, 4) is 12.3 Å².